The second-order valence-electron chi connectivity index (χ2n) is 5.01. The van der Waals surface area contributed by atoms with Crippen molar-refractivity contribution in [2.75, 3.05) is 0 Å². The van der Waals surface area contributed by atoms with Crippen molar-refractivity contribution in [1.82, 2.24) is 0 Å². The molecule has 0 atom stereocenters. The Balaban J connectivity index is 1.97. The van der Waals surface area contributed by atoms with E-state index in [4.69, 9.17) is 4.74 Å². The highest BCUT2D eigenvalue weighted by molar-refractivity contribution is 6.05. The van der Waals surface area contributed by atoms with Gasteiger partial charge in [0.15, 0.2) is 6.29 Å². The predicted molar refractivity (Wildman–Crippen MR) is 87.4 cm³/mol. The minimum Gasteiger partial charge on any atom is -0.422 e. The Labute approximate surface area is 136 Å². The Kier molecular flexibility index (Phi) is 4.03. The Morgan fingerprint density at radius 3 is 2.54 bits per heavy atom. The zero-order chi connectivity index (χ0) is 17.1. The minimum absolute atomic E-state index is 0.0199. The number of esters is 1. The molecule has 0 amide bonds. The van der Waals surface area contributed by atoms with Crippen molar-refractivity contribution in [3.63, 3.8) is 0 Å². The van der Waals surface area contributed by atoms with Crippen LogP contribution in [0.5, 0.6) is 5.75 Å². The van der Waals surface area contributed by atoms with Crippen molar-refractivity contribution in [2.45, 2.75) is 0 Å². The molecule has 3 aromatic carbocycles. The normalized spacial score (nSPS) is 10.3. The van der Waals surface area contributed by atoms with Crippen LogP contribution in [-0.2, 0) is 0 Å². The smallest absolute Gasteiger partial charge is 0.344 e. The molecule has 0 spiro atoms. The number of fused-ring (bicyclic) bond motifs is 1. The number of aldehydes is 1. The van der Waals surface area contributed by atoms with E-state index in [0.29, 0.717) is 11.8 Å². The van der Waals surface area contributed by atoms with Gasteiger partial charge in [0.25, 0.3) is 5.69 Å². The number of hydrogen-bond acceptors (Lipinski definition) is 5. The molecule has 0 aliphatic rings. The summed E-state index contributed by atoms with van der Waals surface area (Å²) in [6.07, 6.45) is 0.415. The van der Waals surface area contributed by atoms with Gasteiger partial charge < -0.3 is 4.74 Å². The largest absolute Gasteiger partial charge is 0.422 e. The minimum atomic E-state index is -0.635. The average molecular weight is 321 g/mol. The molecule has 118 valence electrons. The molecule has 0 N–H and O–H groups in total. The molecule has 3 rings (SSSR count). The average Bonchev–Trinajstić information content (AvgIpc) is 2.61. The number of ether oxygens (including phenoxy) is 1. The maximum atomic E-state index is 12.4. The number of nitro benzene ring substituents is 1. The Hall–Kier alpha value is -3.54. The molecule has 0 fully saturated rings. The number of non-ortho nitro benzene ring substituents is 1. The fraction of sp³-hybridized carbons (Fsp3) is 0. The first-order chi connectivity index (χ1) is 11.6. The van der Waals surface area contributed by atoms with Crippen molar-refractivity contribution >= 4 is 28.7 Å². The molecule has 24 heavy (non-hydrogen) atoms. The van der Waals surface area contributed by atoms with E-state index in [2.05, 4.69) is 0 Å². The highest BCUT2D eigenvalue weighted by Crippen LogP contribution is 2.25. The van der Waals surface area contributed by atoms with Crippen LogP contribution in [0, 0.1) is 10.1 Å². The Morgan fingerprint density at radius 1 is 1.04 bits per heavy atom. The summed E-state index contributed by atoms with van der Waals surface area (Å²) in [5.41, 5.74) is 0.0446. The van der Waals surface area contributed by atoms with Gasteiger partial charge in [-0.1, -0.05) is 36.4 Å². The molecule has 6 heteroatoms. The topological polar surface area (TPSA) is 86.5 Å². The SMILES string of the molecule is O=Cc1cc([N+](=O)[O-])ccc1OC(=O)c1cccc2ccccc12. The quantitative estimate of drug-likeness (QED) is 0.240. The second kappa shape index (κ2) is 6.29. The lowest BCUT2D eigenvalue weighted by molar-refractivity contribution is -0.384. The van der Waals surface area contributed by atoms with Gasteiger partial charge in [0.2, 0.25) is 0 Å². The van der Waals surface area contributed by atoms with Gasteiger partial charge in [-0.15, -0.1) is 0 Å². The van der Waals surface area contributed by atoms with Gasteiger partial charge in [0.1, 0.15) is 5.75 Å². The number of carbonyl (C=O) groups excluding carboxylic acids is 2. The van der Waals surface area contributed by atoms with Gasteiger partial charge in [-0.3, -0.25) is 14.9 Å². The van der Waals surface area contributed by atoms with Gasteiger partial charge in [0, 0.05) is 12.1 Å². The molecule has 0 saturated heterocycles. The Bertz CT molecular complexity index is 959. The Morgan fingerprint density at radius 2 is 1.79 bits per heavy atom. The molecule has 0 saturated carbocycles. The molecule has 6 nitrogen and oxygen atoms in total. The summed E-state index contributed by atoms with van der Waals surface area (Å²) in [5, 5.41) is 12.4. The van der Waals surface area contributed by atoms with Crippen LogP contribution >= 0.6 is 0 Å². The molecule has 0 heterocycles. The van der Waals surface area contributed by atoms with Crippen LogP contribution in [0.25, 0.3) is 10.8 Å². The molecule has 0 aromatic heterocycles. The predicted octanol–water partition coefficient (Wildman–Crippen LogP) is 3.78. The van der Waals surface area contributed by atoms with Crippen LogP contribution in [0.2, 0.25) is 0 Å². The van der Waals surface area contributed by atoms with Crippen LogP contribution in [-0.4, -0.2) is 17.2 Å². The summed E-state index contributed by atoms with van der Waals surface area (Å²) in [6, 6.07) is 16.0. The summed E-state index contributed by atoms with van der Waals surface area (Å²) in [7, 11) is 0. The van der Waals surface area contributed by atoms with E-state index >= 15 is 0 Å². The molecule has 0 bridgehead atoms. The van der Waals surface area contributed by atoms with Crippen molar-refractivity contribution in [1.29, 1.82) is 0 Å². The van der Waals surface area contributed by atoms with Crippen LogP contribution in [0.4, 0.5) is 5.69 Å². The van der Waals surface area contributed by atoms with Crippen LogP contribution in [0.15, 0.2) is 60.7 Å². The summed E-state index contributed by atoms with van der Waals surface area (Å²) >= 11 is 0. The zero-order valence-corrected chi connectivity index (χ0v) is 12.3. The third-order valence-electron chi connectivity index (χ3n) is 3.54. The summed E-state index contributed by atoms with van der Waals surface area (Å²) < 4.78 is 5.27. The van der Waals surface area contributed by atoms with Crippen molar-refractivity contribution in [3.05, 3.63) is 81.9 Å². The second-order valence-corrected chi connectivity index (χ2v) is 5.01. The molecular formula is C18H11NO5. The number of nitro groups is 1. The van der Waals surface area contributed by atoms with Gasteiger partial charge >= 0.3 is 5.97 Å². The molecule has 0 aliphatic heterocycles. The summed E-state index contributed by atoms with van der Waals surface area (Å²) in [6.45, 7) is 0. The van der Waals surface area contributed by atoms with E-state index in [0.717, 1.165) is 16.8 Å². The number of benzene rings is 3. The first-order valence-electron chi connectivity index (χ1n) is 7.03. The van der Waals surface area contributed by atoms with Crippen LogP contribution in [0.3, 0.4) is 0 Å². The van der Waals surface area contributed by atoms with E-state index in [1.165, 1.54) is 12.1 Å². The lowest BCUT2D eigenvalue weighted by Crippen LogP contribution is -2.10. The zero-order valence-electron chi connectivity index (χ0n) is 12.3. The summed E-state index contributed by atoms with van der Waals surface area (Å²) in [4.78, 5) is 33.7. The standard InChI is InChI=1S/C18H11NO5/c20-11-13-10-14(19(22)23)8-9-17(13)24-18(21)16-7-3-5-12-4-1-2-6-15(12)16/h1-11H. The highest BCUT2D eigenvalue weighted by atomic mass is 16.6. The van der Waals surface area contributed by atoms with Crippen molar-refractivity contribution in [2.24, 2.45) is 0 Å². The molecule has 0 unspecified atom stereocenters. The molecule has 0 radical (unpaired) electrons. The van der Waals surface area contributed by atoms with Gasteiger partial charge in [0.05, 0.1) is 16.1 Å². The number of hydrogen-bond donors (Lipinski definition) is 0. The summed E-state index contributed by atoms with van der Waals surface area (Å²) in [5.74, 6) is -0.655. The van der Waals surface area contributed by atoms with Gasteiger partial charge in [-0.25, -0.2) is 4.79 Å². The number of rotatable bonds is 4. The van der Waals surface area contributed by atoms with Crippen LogP contribution < -0.4 is 4.74 Å². The van der Waals surface area contributed by atoms with Gasteiger partial charge in [-0.05, 0) is 22.9 Å². The molecular weight excluding hydrogens is 310 g/mol. The number of nitrogens with zero attached hydrogens (tertiary/aromatic N) is 1. The lowest BCUT2D eigenvalue weighted by atomic mass is 10.0. The third-order valence-corrected chi connectivity index (χ3v) is 3.54. The van der Waals surface area contributed by atoms with Crippen LogP contribution in [0.1, 0.15) is 20.7 Å². The van der Waals surface area contributed by atoms with E-state index < -0.39 is 10.9 Å². The molecule has 3 aromatic rings. The van der Waals surface area contributed by atoms with E-state index in [1.54, 1.807) is 18.2 Å². The number of carbonyl (C=O) groups is 2. The maximum Gasteiger partial charge on any atom is 0.344 e. The lowest BCUT2D eigenvalue weighted by Gasteiger charge is -2.08. The van der Waals surface area contributed by atoms with E-state index in [-0.39, 0.29) is 17.0 Å². The van der Waals surface area contributed by atoms with E-state index in [9.17, 15) is 19.7 Å². The maximum absolute atomic E-state index is 12.4. The first kappa shape index (κ1) is 15.4. The third kappa shape index (κ3) is 2.85. The van der Waals surface area contributed by atoms with Crippen molar-refractivity contribution < 1.29 is 19.2 Å². The monoisotopic (exact) mass is 321 g/mol. The fourth-order valence-electron chi connectivity index (χ4n) is 2.39. The van der Waals surface area contributed by atoms with Gasteiger partial charge in [-0.2, -0.15) is 0 Å². The van der Waals surface area contributed by atoms with E-state index in [1.807, 2.05) is 24.3 Å². The first-order valence-corrected chi connectivity index (χ1v) is 7.03. The highest BCUT2D eigenvalue weighted by Gasteiger charge is 2.16. The molecule has 0 aliphatic carbocycles. The van der Waals surface area contributed by atoms with Crippen molar-refractivity contribution in [3.8, 4) is 5.75 Å². The fourth-order valence-corrected chi connectivity index (χ4v) is 2.39.